The molecule has 0 aliphatic heterocycles. The maximum atomic E-state index is 14.4. The van der Waals surface area contributed by atoms with Crippen molar-refractivity contribution in [3.63, 3.8) is 0 Å². The van der Waals surface area contributed by atoms with Gasteiger partial charge in [0.25, 0.3) is 5.91 Å². The Morgan fingerprint density at radius 1 is 1.29 bits per heavy atom. The maximum Gasteiger partial charge on any atom is 0.272 e. The number of aryl methyl sites for hydroxylation is 1. The van der Waals surface area contributed by atoms with Gasteiger partial charge in [-0.15, -0.1) is 0 Å². The summed E-state index contributed by atoms with van der Waals surface area (Å²) in [6.07, 6.45) is 1.80. The van der Waals surface area contributed by atoms with Crippen molar-refractivity contribution in [3.8, 4) is 5.69 Å². The number of hydrogen-bond donors (Lipinski definition) is 1. The van der Waals surface area contributed by atoms with Crippen LogP contribution in [0.1, 0.15) is 45.5 Å². The van der Waals surface area contributed by atoms with Gasteiger partial charge in [0.1, 0.15) is 11.5 Å². The molecule has 7 heteroatoms. The highest BCUT2D eigenvalue weighted by Gasteiger charge is 2.50. The van der Waals surface area contributed by atoms with Crippen molar-refractivity contribution in [2.75, 3.05) is 0 Å². The van der Waals surface area contributed by atoms with Gasteiger partial charge in [-0.3, -0.25) is 9.78 Å². The lowest BCUT2D eigenvalue weighted by molar-refractivity contribution is 0.0944. The Bertz CT molecular complexity index is 1110. The second kappa shape index (κ2) is 6.22. The molecule has 0 unspecified atom stereocenters. The molecule has 2 atom stereocenters. The van der Waals surface area contributed by atoms with Crippen molar-refractivity contribution >= 4 is 5.91 Å². The molecule has 0 radical (unpaired) electrons. The molecule has 2 aromatic heterocycles. The zero-order valence-corrected chi connectivity index (χ0v) is 15.2. The Kier molecular flexibility index (Phi) is 3.79. The zero-order valence-electron chi connectivity index (χ0n) is 15.2. The van der Waals surface area contributed by atoms with Gasteiger partial charge >= 0.3 is 0 Å². The van der Waals surface area contributed by atoms with Gasteiger partial charge in [0.15, 0.2) is 11.5 Å². The van der Waals surface area contributed by atoms with Gasteiger partial charge < -0.3 is 5.32 Å². The van der Waals surface area contributed by atoms with Gasteiger partial charge in [0, 0.05) is 23.2 Å². The summed E-state index contributed by atoms with van der Waals surface area (Å²) in [5.74, 6) is -0.842. The summed E-state index contributed by atoms with van der Waals surface area (Å²) in [5, 5.41) is 7.28. The highest BCUT2D eigenvalue weighted by Crippen LogP contribution is 2.57. The number of carbonyl (C=O) groups excluding carboxylic acids is 1. The van der Waals surface area contributed by atoms with Crippen LogP contribution in [-0.4, -0.2) is 20.7 Å². The van der Waals surface area contributed by atoms with E-state index in [1.807, 2.05) is 25.1 Å². The molecule has 5 rings (SSSR count). The molecule has 1 amide bonds. The van der Waals surface area contributed by atoms with Crippen molar-refractivity contribution < 1.29 is 13.6 Å². The molecule has 1 aromatic carbocycles. The number of benzene rings is 1. The van der Waals surface area contributed by atoms with E-state index < -0.39 is 11.6 Å². The minimum atomic E-state index is -0.690. The van der Waals surface area contributed by atoms with Gasteiger partial charge in [-0.25, -0.2) is 13.5 Å². The van der Waals surface area contributed by atoms with E-state index in [4.69, 9.17) is 0 Å². The normalized spacial score (nSPS) is 19.2. The average Bonchev–Trinajstić information content (AvgIpc) is 3.16. The fourth-order valence-corrected chi connectivity index (χ4v) is 4.09. The molecule has 2 aliphatic rings. The topological polar surface area (TPSA) is 59.8 Å². The molecule has 28 heavy (non-hydrogen) atoms. The number of fused-ring (bicyclic) bond motifs is 3. The third kappa shape index (κ3) is 2.78. The lowest BCUT2D eigenvalue weighted by Crippen LogP contribution is -2.25. The van der Waals surface area contributed by atoms with Crippen molar-refractivity contribution in [1.29, 1.82) is 0 Å². The first-order chi connectivity index (χ1) is 13.5. The van der Waals surface area contributed by atoms with E-state index in [-0.39, 0.29) is 11.6 Å². The number of pyridine rings is 1. The Balaban J connectivity index is 1.47. The monoisotopic (exact) mass is 380 g/mol. The van der Waals surface area contributed by atoms with E-state index >= 15 is 0 Å². The van der Waals surface area contributed by atoms with Gasteiger partial charge in [0.2, 0.25) is 0 Å². The van der Waals surface area contributed by atoms with E-state index in [1.54, 1.807) is 0 Å². The van der Waals surface area contributed by atoms with Crippen LogP contribution in [-0.2, 0) is 13.0 Å². The molecule has 2 heterocycles. The molecule has 1 saturated carbocycles. The van der Waals surface area contributed by atoms with E-state index in [9.17, 15) is 13.6 Å². The summed E-state index contributed by atoms with van der Waals surface area (Å²) in [6.45, 7) is 2.18. The summed E-state index contributed by atoms with van der Waals surface area (Å²) in [5.41, 5.74) is 3.89. The minimum Gasteiger partial charge on any atom is -0.345 e. The summed E-state index contributed by atoms with van der Waals surface area (Å²) in [4.78, 5) is 17.2. The van der Waals surface area contributed by atoms with Crippen LogP contribution in [0.5, 0.6) is 0 Å². The molecular formula is C21H18F2N4O. The van der Waals surface area contributed by atoms with Crippen LogP contribution < -0.4 is 5.32 Å². The van der Waals surface area contributed by atoms with Crippen molar-refractivity contribution in [2.45, 2.75) is 32.2 Å². The Hall–Kier alpha value is -3.09. The third-order valence-electron chi connectivity index (χ3n) is 5.49. The zero-order chi connectivity index (χ0) is 19.4. The summed E-state index contributed by atoms with van der Waals surface area (Å²) >= 11 is 0. The number of carbonyl (C=O) groups is 1. The quantitative estimate of drug-likeness (QED) is 0.754. The molecule has 5 nitrogen and oxygen atoms in total. The van der Waals surface area contributed by atoms with E-state index in [0.717, 1.165) is 41.6 Å². The largest absolute Gasteiger partial charge is 0.345 e. The van der Waals surface area contributed by atoms with Gasteiger partial charge in [-0.1, -0.05) is 6.07 Å². The predicted octanol–water partition coefficient (Wildman–Crippen LogP) is 3.44. The second-order valence-electron chi connectivity index (χ2n) is 7.48. The molecule has 0 saturated heterocycles. The average molecular weight is 380 g/mol. The number of aromatic nitrogens is 3. The molecular weight excluding hydrogens is 362 g/mol. The number of hydrogen-bond acceptors (Lipinski definition) is 3. The van der Waals surface area contributed by atoms with Crippen LogP contribution in [0.15, 0.2) is 36.4 Å². The standard InChI is InChI=1S/C21H18F2N4O/c1-11-3-2-4-14(25-11)10-24-21(28)19-16-8-12-7-15(12)20(16)27(26-19)18-6-5-13(22)9-17(18)23/h2-6,9,12,15H,7-8,10H2,1H3,(H,24,28)/t12-,15-/m1/s1. The fraction of sp³-hybridized carbons (Fsp3) is 0.286. The number of halogens is 2. The van der Waals surface area contributed by atoms with Crippen LogP contribution in [0, 0.1) is 24.5 Å². The van der Waals surface area contributed by atoms with Crippen LogP contribution >= 0.6 is 0 Å². The number of nitrogens with zero attached hydrogens (tertiary/aromatic N) is 3. The highest BCUT2D eigenvalue weighted by atomic mass is 19.1. The van der Waals surface area contributed by atoms with Gasteiger partial charge in [-0.05, 0) is 49.9 Å². The number of nitrogens with one attached hydrogen (secondary N) is 1. The van der Waals surface area contributed by atoms with E-state index in [1.165, 1.54) is 16.8 Å². The first-order valence-corrected chi connectivity index (χ1v) is 9.29. The SMILES string of the molecule is Cc1cccc(CNC(=O)c2nn(-c3ccc(F)cc3F)c3c2C[C@H]2C[C@@H]32)n1. The van der Waals surface area contributed by atoms with Crippen molar-refractivity contribution in [2.24, 2.45) is 5.92 Å². The lowest BCUT2D eigenvalue weighted by Gasteiger charge is -2.07. The molecule has 3 aromatic rings. The van der Waals surface area contributed by atoms with Crippen molar-refractivity contribution in [1.82, 2.24) is 20.1 Å². The lowest BCUT2D eigenvalue weighted by atomic mass is 10.1. The number of amides is 1. The van der Waals surface area contributed by atoms with E-state index in [0.29, 0.717) is 24.1 Å². The Labute approximate surface area is 160 Å². The van der Waals surface area contributed by atoms with Gasteiger partial charge in [-0.2, -0.15) is 5.10 Å². The van der Waals surface area contributed by atoms with Gasteiger partial charge in [0.05, 0.1) is 17.9 Å². The van der Waals surface area contributed by atoms with Crippen LogP contribution in [0.4, 0.5) is 8.78 Å². The van der Waals surface area contributed by atoms with E-state index in [2.05, 4.69) is 15.4 Å². The Morgan fingerprint density at radius 3 is 2.93 bits per heavy atom. The fourth-order valence-electron chi connectivity index (χ4n) is 4.09. The first-order valence-electron chi connectivity index (χ1n) is 9.29. The molecule has 1 fully saturated rings. The first kappa shape index (κ1) is 17.0. The molecule has 142 valence electrons. The smallest absolute Gasteiger partial charge is 0.272 e. The summed E-state index contributed by atoms with van der Waals surface area (Å²) in [6, 6.07) is 9.04. The predicted molar refractivity (Wildman–Crippen MR) is 98.2 cm³/mol. The molecule has 2 aliphatic carbocycles. The molecule has 1 N–H and O–H groups in total. The summed E-state index contributed by atoms with van der Waals surface area (Å²) < 4.78 is 29.1. The molecule has 0 bridgehead atoms. The minimum absolute atomic E-state index is 0.171. The second-order valence-corrected chi connectivity index (χ2v) is 7.48. The van der Waals surface area contributed by atoms with Crippen LogP contribution in [0.25, 0.3) is 5.69 Å². The van der Waals surface area contributed by atoms with Crippen LogP contribution in [0.2, 0.25) is 0 Å². The summed E-state index contributed by atoms with van der Waals surface area (Å²) in [7, 11) is 0. The highest BCUT2D eigenvalue weighted by molar-refractivity contribution is 5.94. The van der Waals surface area contributed by atoms with Crippen LogP contribution in [0.3, 0.4) is 0 Å². The third-order valence-corrected chi connectivity index (χ3v) is 5.49. The maximum absolute atomic E-state index is 14.4. The number of rotatable bonds is 4. The van der Waals surface area contributed by atoms with Crippen molar-refractivity contribution in [3.05, 3.63) is 76.4 Å². The Morgan fingerprint density at radius 2 is 2.14 bits per heavy atom. The molecule has 0 spiro atoms.